The van der Waals surface area contributed by atoms with Crippen LogP contribution in [0.25, 0.3) is 20.9 Å². The molecule has 25 heavy (non-hydrogen) atoms. The van der Waals surface area contributed by atoms with Gasteiger partial charge in [-0.05, 0) is 49.2 Å². The van der Waals surface area contributed by atoms with E-state index in [1.165, 1.54) is 25.7 Å². The zero-order valence-corrected chi connectivity index (χ0v) is 15.4. The molecule has 4 rings (SSSR count). The van der Waals surface area contributed by atoms with Gasteiger partial charge in [0.1, 0.15) is 15.4 Å². The maximum Gasteiger partial charge on any atom is 0.234 e. The number of carbonyl (C=O) groups is 1. The van der Waals surface area contributed by atoms with E-state index in [1.807, 2.05) is 36.4 Å². The first-order chi connectivity index (χ1) is 12.3. The number of nitrogens with one attached hydrogen (secondary N) is 1. The molecule has 1 amide bonds. The molecular weight excluding hydrogens is 350 g/mol. The quantitative estimate of drug-likeness (QED) is 0.690. The van der Waals surface area contributed by atoms with Crippen molar-refractivity contribution in [2.45, 2.75) is 30.9 Å². The van der Waals surface area contributed by atoms with Gasteiger partial charge in [-0.25, -0.2) is 9.97 Å². The summed E-state index contributed by atoms with van der Waals surface area (Å²) in [6.45, 7) is 0. The number of anilines is 1. The first-order valence-corrected chi connectivity index (χ1v) is 10.4. The van der Waals surface area contributed by atoms with Crippen molar-refractivity contribution in [1.29, 1.82) is 0 Å². The molecule has 1 fully saturated rings. The summed E-state index contributed by atoms with van der Waals surface area (Å²) in [5.41, 5.74) is 2.80. The van der Waals surface area contributed by atoms with Gasteiger partial charge in [0.05, 0.1) is 5.75 Å². The Morgan fingerprint density at radius 3 is 2.76 bits per heavy atom. The van der Waals surface area contributed by atoms with E-state index >= 15 is 0 Å². The molecule has 3 aromatic rings. The van der Waals surface area contributed by atoms with Crippen LogP contribution >= 0.6 is 23.1 Å². The van der Waals surface area contributed by atoms with Crippen LogP contribution in [0.15, 0.2) is 42.6 Å². The van der Waals surface area contributed by atoms with Gasteiger partial charge in [0, 0.05) is 22.7 Å². The molecule has 1 aromatic carbocycles. The van der Waals surface area contributed by atoms with Crippen LogP contribution in [0.2, 0.25) is 0 Å². The second-order valence-corrected chi connectivity index (χ2v) is 8.46. The predicted octanol–water partition coefficient (Wildman–Crippen LogP) is 4.97. The predicted molar refractivity (Wildman–Crippen MR) is 106 cm³/mol. The van der Waals surface area contributed by atoms with E-state index in [0.717, 1.165) is 26.6 Å². The summed E-state index contributed by atoms with van der Waals surface area (Å²) in [4.78, 5) is 22.0. The highest BCUT2D eigenvalue weighted by Gasteiger charge is 2.16. The second-order valence-electron chi connectivity index (χ2n) is 6.19. The molecule has 0 radical (unpaired) electrons. The van der Waals surface area contributed by atoms with Crippen molar-refractivity contribution in [1.82, 2.24) is 9.97 Å². The van der Waals surface area contributed by atoms with Crippen LogP contribution in [0.5, 0.6) is 0 Å². The van der Waals surface area contributed by atoms with Crippen LogP contribution < -0.4 is 5.32 Å². The molecule has 0 atom stereocenters. The van der Waals surface area contributed by atoms with Gasteiger partial charge in [0.2, 0.25) is 5.91 Å². The lowest BCUT2D eigenvalue weighted by atomic mass is 10.2. The zero-order chi connectivity index (χ0) is 17.1. The number of thioether (sulfide) groups is 1. The number of thiazole rings is 1. The summed E-state index contributed by atoms with van der Waals surface area (Å²) < 4.78 is 0. The average molecular weight is 370 g/mol. The highest BCUT2D eigenvalue weighted by Crippen LogP contribution is 2.30. The third-order valence-electron chi connectivity index (χ3n) is 4.33. The Bertz CT molecular complexity index is 837. The largest absolute Gasteiger partial charge is 0.325 e. The van der Waals surface area contributed by atoms with E-state index in [0.29, 0.717) is 11.0 Å². The maximum absolute atomic E-state index is 12.1. The molecular formula is C19H19N3OS2. The summed E-state index contributed by atoms with van der Waals surface area (Å²) in [6.07, 6.45) is 6.91. The molecule has 1 saturated carbocycles. The van der Waals surface area contributed by atoms with Crippen molar-refractivity contribution in [3.63, 3.8) is 0 Å². The number of benzene rings is 1. The summed E-state index contributed by atoms with van der Waals surface area (Å²) >= 11 is 3.37. The maximum atomic E-state index is 12.1. The summed E-state index contributed by atoms with van der Waals surface area (Å²) in [7, 11) is 0. The van der Waals surface area contributed by atoms with E-state index in [2.05, 4.69) is 15.3 Å². The Labute approximate surface area is 155 Å². The van der Waals surface area contributed by atoms with Gasteiger partial charge in [0.15, 0.2) is 0 Å². The Morgan fingerprint density at radius 2 is 2.00 bits per heavy atom. The molecule has 0 unspecified atom stereocenters. The highest BCUT2D eigenvalue weighted by atomic mass is 32.2. The second kappa shape index (κ2) is 7.54. The fourth-order valence-corrected chi connectivity index (χ4v) is 5.07. The van der Waals surface area contributed by atoms with Crippen LogP contribution in [0.3, 0.4) is 0 Å². The minimum absolute atomic E-state index is 0.0776. The van der Waals surface area contributed by atoms with E-state index in [4.69, 9.17) is 0 Å². The van der Waals surface area contributed by atoms with Crippen LogP contribution in [0.1, 0.15) is 25.7 Å². The number of amides is 1. The van der Waals surface area contributed by atoms with E-state index in [1.54, 1.807) is 29.3 Å². The van der Waals surface area contributed by atoms with Crippen LogP contribution in [0.4, 0.5) is 5.69 Å². The van der Waals surface area contributed by atoms with Crippen molar-refractivity contribution in [2.75, 3.05) is 11.1 Å². The summed E-state index contributed by atoms with van der Waals surface area (Å²) in [5, 5.41) is 4.60. The monoisotopic (exact) mass is 369 g/mol. The van der Waals surface area contributed by atoms with Gasteiger partial charge in [-0.2, -0.15) is 0 Å². The summed E-state index contributed by atoms with van der Waals surface area (Å²) in [5.74, 6) is 0.615. The van der Waals surface area contributed by atoms with E-state index < -0.39 is 0 Å². The molecule has 2 aromatic heterocycles. The van der Waals surface area contributed by atoms with Gasteiger partial charge < -0.3 is 5.32 Å². The van der Waals surface area contributed by atoms with Gasteiger partial charge in [-0.3, -0.25) is 4.79 Å². The molecule has 0 spiro atoms. The third-order valence-corrected chi connectivity index (χ3v) is 6.73. The number of hydrogen-bond donors (Lipinski definition) is 1. The molecule has 128 valence electrons. The average Bonchev–Trinajstić information content (AvgIpc) is 3.30. The lowest BCUT2D eigenvalue weighted by molar-refractivity contribution is -0.113. The molecule has 6 heteroatoms. The van der Waals surface area contributed by atoms with Gasteiger partial charge in [-0.15, -0.1) is 11.8 Å². The van der Waals surface area contributed by atoms with Crippen molar-refractivity contribution in [3.8, 4) is 10.6 Å². The molecule has 1 aliphatic rings. The van der Waals surface area contributed by atoms with Crippen LogP contribution in [-0.4, -0.2) is 26.9 Å². The molecule has 0 bridgehead atoms. The number of rotatable bonds is 5. The fourth-order valence-electron chi connectivity index (χ4n) is 3.04. The molecule has 0 aliphatic heterocycles. The van der Waals surface area contributed by atoms with Crippen molar-refractivity contribution in [2.24, 2.45) is 0 Å². The van der Waals surface area contributed by atoms with E-state index in [9.17, 15) is 4.79 Å². The minimum atomic E-state index is 0.0776. The topological polar surface area (TPSA) is 54.9 Å². The Balaban J connectivity index is 1.38. The molecule has 1 N–H and O–H groups in total. The molecule has 4 nitrogen and oxygen atoms in total. The first kappa shape index (κ1) is 16.5. The SMILES string of the molecule is O=C(CSC1CCCC1)Nc1ccc(-c2nc3cccnc3s2)cc1. The number of carbonyl (C=O) groups excluding carboxylic acids is 1. The van der Waals surface area contributed by atoms with Gasteiger partial charge >= 0.3 is 0 Å². The number of nitrogens with zero attached hydrogens (tertiary/aromatic N) is 2. The number of fused-ring (bicyclic) bond motifs is 1. The zero-order valence-electron chi connectivity index (χ0n) is 13.8. The van der Waals surface area contributed by atoms with Crippen LogP contribution in [-0.2, 0) is 4.79 Å². The van der Waals surface area contributed by atoms with Gasteiger partial charge in [-0.1, -0.05) is 24.2 Å². The molecule has 0 saturated heterocycles. The smallest absolute Gasteiger partial charge is 0.234 e. The van der Waals surface area contributed by atoms with Crippen molar-refractivity contribution >= 4 is 45.0 Å². The third kappa shape index (κ3) is 4.02. The number of pyridine rings is 1. The number of hydrogen-bond acceptors (Lipinski definition) is 5. The van der Waals surface area contributed by atoms with Crippen molar-refractivity contribution in [3.05, 3.63) is 42.6 Å². The van der Waals surface area contributed by atoms with Crippen LogP contribution in [0, 0.1) is 0 Å². The Morgan fingerprint density at radius 1 is 1.20 bits per heavy atom. The first-order valence-electron chi connectivity index (χ1n) is 8.51. The minimum Gasteiger partial charge on any atom is -0.325 e. The number of aromatic nitrogens is 2. The molecule has 2 heterocycles. The normalized spacial score (nSPS) is 14.9. The lowest BCUT2D eigenvalue weighted by Crippen LogP contribution is -2.15. The lowest BCUT2D eigenvalue weighted by Gasteiger charge is -2.09. The molecule has 1 aliphatic carbocycles. The Kier molecular flexibility index (Phi) is 4.99. The van der Waals surface area contributed by atoms with Crippen molar-refractivity contribution < 1.29 is 4.79 Å². The standard InChI is InChI=1S/C19H19N3OS2/c23-17(12-24-15-4-1-2-5-15)21-14-9-7-13(8-10-14)18-22-16-6-3-11-20-19(16)25-18/h3,6-11,15H,1-2,4-5,12H2,(H,21,23). The van der Waals surface area contributed by atoms with Gasteiger partial charge in [0.25, 0.3) is 0 Å². The summed E-state index contributed by atoms with van der Waals surface area (Å²) in [6, 6.07) is 11.7. The fraction of sp³-hybridized carbons (Fsp3) is 0.316. The van der Waals surface area contributed by atoms with E-state index in [-0.39, 0.29) is 5.91 Å². The highest BCUT2D eigenvalue weighted by molar-refractivity contribution is 8.00. The Hall–Kier alpha value is -1.92.